The zero-order valence-electron chi connectivity index (χ0n) is 8.61. The van der Waals surface area contributed by atoms with Gasteiger partial charge in [0.15, 0.2) is 0 Å². The predicted molar refractivity (Wildman–Crippen MR) is 55.2 cm³/mol. The average Bonchev–Trinajstić information content (AvgIpc) is 2.13. The van der Waals surface area contributed by atoms with Gasteiger partial charge in [-0.2, -0.15) is 0 Å². The first-order valence-electron chi connectivity index (χ1n) is 4.47. The molecule has 1 rings (SSSR count). The molecule has 0 amide bonds. The minimum Gasteiger partial charge on any atom is -0.206 e. The molecule has 0 spiro atoms. The quantitative estimate of drug-likeness (QED) is 0.612. The van der Waals surface area contributed by atoms with E-state index >= 15 is 0 Å². The fourth-order valence-electron chi connectivity index (χ4n) is 1.40. The Kier molecular flexibility index (Phi) is 2.86. The topological polar surface area (TPSA) is 0 Å². The van der Waals surface area contributed by atoms with Gasteiger partial charge in [0.25, 0.3) is 0 Å². The van der Waals surface area contributed by atoms with Crippen molar-refractivity contribution in [3.8, 4) is 0 Å². The Morgan fingerprint density at radius 1 is 1.31 bits per heavy atom. The summed E-state index contributed by atoms with van der Waals surface area (Å²) in [5, 5.41) is 0. The number of allylic oxidation sites excluding steroid dienone is 2. The molecule has 0 radical (unpaired) electrons. The Bertz CT molecular complexity index is 348. The fourth-order valence-corrected chi connectivity index (χ4v) is 1.40. The van der Waals surface area contributed by atoms with Crippen LogP contribution in [0.4, 0.5) is 4.39 Å². The summed E-state index contributed by atoms with van der Waals surface area (Å²) in [5.41, 5.74) is 3.59. The summed E-state index contributed by atoms with van der Waals surface area (Å²) < 4.78 is 13.5. The van der Waals surface area contributed by atoms with Gasteiger partial charge in [0, 0.05) is 0 Å². The highest BCUT2D eigenvalue weighted by molar-refractivity contribution is 5.66. The van der Waals surface area contributed by atoms with Crippen LogP contribution in [0.2, 0.25) is 0 Å². The number of hydrogen-bond donors (Lipinski definition) is 0. The lowest BCUT2D eigenvalue weighted by molar-refractivity contribution is 0.608. The van der Waals surface area contributed by atoms with E-state index < -0.39 is 0 Å². The maximum absolute atomic E-state index is 13.5. The molecule has 0 saturated heterocycles. The summed E-state index contributed by atoms with van der Waals surface area (Å²) in [5.74, 6) is -0.0845. The zero-order chi connectivity index (χ0) is 10.0. The van der Waals surface area contributed by atoms with Gasteiger partial charge in [0.1, 0.15) is 5.82 Å². The molecule has 0 atom stereocenters. The van der Waals surface area contributed by atoms with Gasteiger partial charge in [-0.05, 0) is 50.0 Å². The summed E-state index contributed by atoms with van der Waals surface area (Å²) in [6, 6.07) is 3.80. The van der Waals surface area contributed by atoms with Crippen LogP contribution in [0.15, 0.2) is 18.2 Å². The SMILES string of the molecule is C/C=C(\C)c1ccc(C)c(F)c1C. The number of benzene rings is 1. The van der Waals surface area contributed by atoms with Crippen molar-refractivity contribution in [3.63, 3.8) is 0 Å². The Morgan fingerprint density at radius 3 is 2.46 bits per heavy atom. The van der Waals surface area contributed by atoms with Gasteiger partial charge in [0.2, 0.25) is 0 Å². The number of rotatable bonds is 1. The van der Waals surface area contributed by atoms with Gasteiger partial charge < -0.3 is 0 Å². The molecule has 0 bridgehead atoms. The first-order chi connectivity index (χ1) is 6.07. The van der Waals surface area contributed by atoms with Crippen molar-refractivity contribution < 1.29 is 4.39 Å². The molecule has 13 heavy (non-hydrogen) atoms. The van der Waals surface area contributed by atoms with E-state index in [0.29, 0.717) is 5.56 Å². The smallest absolute Gasteiger partial charge is 0.129 e. The van der Waals surface area contributed by atoms with Gasteiger partial charge in [-0.25, -0.2) is 4.39 Å². The first-order valence-corrected chi connectivity index (χ1v) is 4.47. The van der Waals surface area contributed by atoms with Gasteiger partial charge >= 0.3 is 0 Å². The molecule has 0 aliphatic heterocycles. The fraction of sp³-hybridized carbons (Fsp3) is 0.333. The minimum atomic E-state index is -0.0845. The minimum absolute atomic E-state index is 0.0845. The van der Waals surface area contributed by atoms with E-state index in [1.54, 1.807) is 6.92 Å². The molecule has 0 fully saturated rings. The van der Waals surface area contributed by atoms with Crippen LogP contribution in [0.3, 0.4) is 0 Å². The van der Waals surface area contributed by atoms with E-state index in [-0.39, 0.29) is 5.82 Å². The molecule has 0 nitrogen and oxygen atoms in total. The third-order valence-corrected chi connectivity index (χ3v) is 2.44. The van der Waals surface area contributed by atoms with Crippen molar-refractivity contribution in [2.45, 2.75) is 27.7 Å². The number of hydrogen-bond acceptors (Lipinski definition) is 0. The number of aryl methyl sites for hydroxylation is 1. The van der Waals surface area contributed by atoms with Crippen molar-refractivity contribution in [1.29, 1.82) is 0 Å². The van der Waals surface area contributed by atoms with Crippen LogP contribution in [-0.2, 0) is 0 Å². The lowest BCUT2D eigenvalue weighted by atomic mass is 9.99. The van der Waals surface area contributed by atoms with E-state index in [9.17, 15) is 4.39 Å². The Labute approximate surface area is 79.1 Å². The molecular weight excluding hydrogens is 163 g/mol. The van der Waals surface area contributed by atoms with Gasteiger partial charge in [-0.15, -0.1) is 0 Å². The van der Waals surface area contributed by atoms with Crippen LogP contribution >= 0.6 is 0 Å². The van der Waals surface area contributed by atoms with E-state index in [2.05, 4.69) is 0 Å². The van der Waals surface area contributed by atoms with Crippen LogP contribution in [-0.4, -0.2) is 0 Å². The van der Waals surface area contributed by atoms with Crippen LogP contribution in [0.5, 0.6) is 0 Å². The standard InChI is InChI=1S/C12H15F/c1-5-8(2)11-7-6-9(3)12(13)10(11)4/h5-7H,1-4H3/b8-5+. The molecule has 0 unspecified atom stereocenters. The normalized spacial score (nSPS) is 11.9. The second kappa shape index (κ2) is 3.73. The lowest BCUT2D eigenvalue weighted by Gasteiger charge is -2.08. The molecule has 0 heterocycles. The summed E-state index contributed by atoms with van der Waals surface area (Å²) in [6.45, 7) is 7.57. The maximum atomic E-state index is 13.5. The summed E-state index contributed by atoms with van der Waals surface area (Å²) >= 11 is 0. The second-order valence-electron chi connectivity index (χ2n) is 3.34. The third-order valence-electron chi connectivity index (χ3n) is 2.44. The maximum Gasteiger partial charge on any atom is 0.129 e. The van der Waals surface area contributed by atoms with Gasteiger partial charge in [0.05, 0.1) is 0 Å². The van der Waals surface area contributed by atoms with Crippen molar-refractivity contribution in [3.05, 3.63) is 40.7 Å². The average molecular weight is 178 g/mol. The van der Waals surface area contributed by atoms with Crippen molar-refractivity contribution in [1.82, 2.24) is 0 Å². The molecule has 1 aromatic rings. The second-order valence-corrected chi connectivity index (χ2v) is 3.34. The molecule has 0 aliphatic rings. The highest BCUT2D eigenvalue weighted by Crippen LogP contribution is 2.22. The van der Waals surface area contributed by atoms with Crippen LogP contribution in [0.1, 0.15) is 30.5 Å². The van der Waals surface area contributed by atoms with E-state index in [1.165, 1.54) is 0 Å². The molecule has 1 heteroatoms. The highest BCUT2D eigenvalue weighted by atomic mass is 19.1. The molecule has 0 saturated carbocycles. The highest BCUT2D eigenvalue weighted by Gasteiger charge is 2.06. The molecular formula is C12H15F. The Hall–Kier alpha value is -1.11. The van der Waals surface area contributed by atoms with Crippen molar-refractivity contribution in [2.75, 3.05) is 0 Å². The lowest BCUT2D eigenvalue weighted by Crippen LogP contribution is -1.93. The summed E-state index contributed by atoms with van der Waals surface area (Å²) in [4.78, 5) is 0. The monoisotopic (exact) mass is 178 g/mol. The Balaban J connectivity index is 3.34. The largest absolute Gasteiger partial charge is 0.206 e. The van der Waals surface area contributed by atoms with Crippen molar-refractivity contribution in [2.24, 2.45) is 0 Å². The Morgan fingerprint density at radius 2 is 1.92 bits per heavy atom. The molecule has 0 N–H and O–H groups in total. The van der Waals surface area contributed by atoms with Gasteiger partial charge in [-0.1, -0.05) is 18.2 Å². The van der Waals surface area contributed by atoms with E-state index in [0.717, 1.165) is 16.7 Å². The van der Waals surface area contributed by atoms with Crippen LogP contribution in [0, 0.1) is 19.7 Å². The van der Waals surface area contributed by atoms with Crippen LogP contribution < -0.4 is 0 Å². The third kappa shape index (κ3) is 1.80. The first kappa shape index (κ1) is 9.97. The zero-order valence-corrected chi connectivity index (χ0v) is 8.61. The summed E-state index contributed by atoms with van der Waals surface area (Å²) in [6.07, 6.45) is 2.00. The number of halogens is 1. The molecule has 1 aromatic carbocycles. The molecule has 0 aromatic heterocycles. The van der Waals surface area contributed by atoms with E-state index in [1.807, 2.05) is 39.0 Å². The molecule has 70 valence electrons. The van der Waals surface area contributed by atoms with E-state index in [4.69, 9.17) is 0 Å². The summed E-state index contributed by atoms with van der Waals surface area (Å²) in [7, 11) is 0. The van der Waals surface area contributed by atoms with Crippen molar-refractivity contribution >= 4 is 5.57 Å². The van der Waals surface area contributed by atoms with Gasteiger partial charge in [-0.3, -0.25) is 0 Å². The predicted octanol–water partition coefficient (Wildman–Crippen LogP) is 3.87. The van der Waals surface area contributed by atoms with Crippen LogP contribution in [0.25, 0.3) is 5.57 Å². The molecule has 0 aliphatic carbocycles.